The normalized spacial score (nSPS) is 21.2. The number of anilines is 2. The third kappa shape index (κ3) is 2.83. The molecule has 82 valence electrons. The summed E-state index contributed by atoms with van der Waals surface area (Å²) in [6, 6.07) is 3.68. The Morgan fingerprint density at radius 2 is 2.47 bits per heavy atom. The van der Waals surface area contributed by atoms with Crippen molar-refractivity contribution < 1.29 is 4.74 Å². The number of ether oxygens (including phenoxy) is 1. The second-order valence-electron chi connectivity index (χ2n) is 3.81. The Hall–Kier alpha value is -1.29. The van der Waals surface area contributed by atoms with Gasteiger partial charge >= 0.3 is 0 Å². The highest BCUT2D eigenvalue weighted by Crippen LogP contribution is 2.16. The topological polar surface area (TPSA) is 60.2 Å². The lowest BCUT2D eigenvalue weighted by Gasteiger charge is -2.23. The van der Waals surface area contributed by atoms with Crippen LogP contribution in [0.3, 0.4) is 0 Å². The summed E-state index contributed by atoms with van der Waals surface area (Å²) in [4.78, 5) is 4.17. The van der Waals surface area contributed by atoms with Crippen molar-refractivity contribution in [3.8, 4) is 0 Å². The number of nitrogens with two attached hydrogens (primary N) is 1. The zero-order valence-corrected chi connectivity index (χ0v) is 8.78. The van der Waals surface area contributed by atoms with Crippen LogP contribution < -0.4 is 11.1 Å². The second-order valence-corrected chi connectivity index (χ2v) is 3.81. The van der Waals surface area contributed by atoms with Gasteiger partial charge in [0, 0.05) is 19.3 Å². The fraction of sp³-hybridized carbons (Fsp3) is 0.545. The average Bonchev–Trinajstić information content (AvgIpc) is 2.29. The van der Waals surface area contributed by atoms with E-state index in [0.717, 1.165) is 25.4 Å². The standard InChI is InChI=1S/C11H17N3O/c12-10-5-3-6-13-11(10)14-8-9-4-1-2-7-15-9/h3,5-6,9H,1-2,4,7-8,12H2,(H,13,14). The third-order valence-electron chi connectivity index (χ3n) is 2.61. The highest BCUT2D eigenvalue weighted by atomic mass is 16.5. The number of hydrogen-bond acceptors (Lipinski definition) is 4. The molecule has 0 aromatic carbocycles. The van der Waals surface area contributed by atoms with Crippen LogP contribution in [-0.4, -0.2) is 24.2 Å². The lowest BCUT2D eigenvalue weighted by molar-refractivity contribution is 0.0247. The molecule has 3 N–H and O–H groups in total. The van der Waals surface area contributed by atoms with E-state index in [1.165, 1.54) is 12.8 Å². The monoisotopic (exact) mass is 207 g/mol. The van der Waals surface area contributed by atoms with Gasteiger partial charge in [-0.25, -0.2) is 4.98 Å². The van der Waals surface area contributed by atoms with Gasteiger partial charge in [0.05, 0.1) is 11.8 Å². The van der Waals surface area contributed by atoms with Crippen molar-refractivity contribution in [1.82, 2.24) is 4.98 Å². The predicted octanol–water partition coefficient (Wildman–Crippen LogP) is 1.64. The van der Waals surface area contributed by atoms with Gasteiger partial charge in [0.1, 0.15) is 5.82 Å². The lowest BCUT2D eigenvalue weighted by Crippen LogP contribution is -2.27. The van der Waals surface area contributed by atoms with E-state index in [4.69, 9.17) is 10.5 Å². The molecular formula is C11H17N3O. The van der Waals surface area contributed by atoms with Gasteiger partial charge < -0.3 is 15.8 Å². The highest BCUT2D eigenvalue weighted by molar-refractivity contribution is 5.60. The number of pyridine rings is 1. The third-order valence-corrected chi connectivity index (χ3v) is 2.61. The Bertz CT molecular complexity index is 310. The van der Waals surface area contributed by atoms with Crippen LogP contribution in [0, 0.1) is 0 Å². The van der Waals surface area contributed by atoms with Gasteiger partial charge in [-0.15, -0.1) is 0 Å². The molecule has 1 atom stereocenters. The summed E-state index contributed by atoms with van der Waals surface area (Å²) in [7, 11) is 0. The van der Waals surface area contributed by atoms with E-state index in [1.54, 1.807) is 6.20 Å². The first kappa shape index (κ1) is 10.2. The maximum absolute atomic E-state index is 5.77. The molecule has 4 heteroatoms. The second kappa shape index (κ2) is 4.98. The van der Waals surface area contributed by atoms with Crippen molar-refractivity contribution in [2.45, 2.75) is 25.4 Å². The molecule has 2 heterocycles. The minimum Gasteiger partial charge on any atom is -0.396 e. The Morgan fingerprint density at radius 3 is 3.20 bits per heavy atom. The molecule has 0 bridgehead atoms. The van der Waals surface area contributed by atoms with E-state index in [2.05, 4.69) is 10.3 Å². The maximum Gasteiger partial charge on any atom is 0.149 e. The van der Waals surface area contributed by atoms with Crippen LogP contribution >= 0.6 is 0 Å². The summed E-state index contributed by atoms with van der Waals surface area (Å²) >= 11 is 0. The fourth-order valence-electron chi connectivity index (χ4n) is 1.74. The smallest absolute Gasteiger partial charge is 0.149 e. The Morgan fingerprint density at radius 1 is 1.53 bits per heavy atom. The molecule has 0 saturated carbocycles. The Balaban J connectivity index is 1.84. The van der Waals surface area contributed by atoms with Gasteiger partial charge in [-0.2, -0.15) is 0 Å². The SMILES string of the molecule is Nc1cccnc1NCC1CCCCO1. The van der Waals surface area contributed by atoms with Crippen molar-refractivity contribution in [3.05, 3.63) is 18.3 Å². The zero-order chi connectivity index (χ0) is 10.5. The number of rotatable bonds is 3. The average molecular weight is 207 g/mol. The van der Waals surface area contributed by atoms with Gasteiger partial charge in [-0.05, 0) is 31.4 Å². The van der Waals surface area contributed by atoms with Gasteiger partial charge in [-0.3, -0.25) is 0 Å². The first-order chi connectivity index (χ1) is 7.36. The molecule has 1 aliphatic heterocycles. The number of nitrogen functional groups attached to an aromatic ring is 1. The van der Waals surface area contributed by atoms with Crippen molar-refractivity contribution >= 4 is 11.5 Å². The molecule has 1 aromatic heterocycles. The molecule has 1 aromatic rings. The van der Waals surface area contributed by atoms with Crippen molar-refractivity contribution in [1.29, 1.82) is 0 Å². The van der Waals surface area contributed by atoms with Crippen molar-refractivity contribution in [2.24, 2.45) is 0 Å². The largest absolute Gasteiger partial charge is 0.396 e. The molecule has 1 saturated heterocycles. The van der Waals surface area contributed by atoms with Gasteiger partial charge in [0.15, 0.2) is 0 Å². The minimum atomic E-state index is 0.306. The molecule has 1 fully saturated rings. The molecule has 0 amide bonds. The van der Waals surface area contributed by atoms with Gasteiger partial charge in [0.2, 0.25) is 0 Å². The van der Waals surface area contributed by atoms with Crippen LogP contribution in [0.15, 0.2) is 18.3 Å². The van der Waals surface area contributed by atoms with Crippen LogP contribution in [0.1, 0.15) is 19.3 Å². The zero-order valence-electron chi connectivity index (χ0n) is 8.78. The molecule has 15 heavy (non-hydrogen) atoms. The number of hydrogen-bond donors (Lipinski definition) is 2. The Kier molecular flexibility index (Phi) is 3.40. The summed E-state index contributed by atoms with van der Waals surface area (Å²) in [5.41, 5.74) is 6.46. The summed E-state index contributed by atoms with van der Waals surface area (Å²) < 4.78 is 5.61. The number of nitrogens with one attached hydrogen (secondary N) is 1. The van der Waals surface area contributed by atoms with Crippen LogP contribution in [0.5, 0.6) is 0 Å². The molecule has 1 unspecified atom stereocenters. The van der Waals surface area contributed by atoms with Crippen LogP contribution in [0.25, 0.3) is 0 Å². The number of nitrogens with zero attached hydrogens (tertiary/aromatic N) is 1. The van der Waals surface area contributed by atoms with E-state index < -0.39 is 0 Å². The molecule has 0 aliphatic carbocycles. The molecule has 4 nitrogen and oxygen atoms in total. The van der Waals surface area contributed by atoms with Crippen molar-refractivity contribution in [2.75, 3.05) is 24.2 Å². The van der Waals surface area contributed by atoms with Crippen LogP contribution in [-0.2, 0) is 4.74 Å². The molecule has 0 spiro atoms. The van der Waals surface area contributed by atoms with Crippen molar-refractivity contribution in [3.63, 3.8) is 0 Å². The van der Waals surface area contributed by atoms with Gasteiger partial charge in [-0.1, -0.05) is 0 Å². The van der Waals surface area contributed by atoms with Gasteiger partial charge in [0.25, 0.3) is 0 Å². The first-order valence-corrected chi connectivity index (χ1v) is 5.42. The number of aromatic nitrogens is 1. The van der Waals surface area contributed by atoms with E-state index in [-0.39, 0.29) is 0 Å². The quantitative estimate of drug-likeness (QED) is 0.791. The fourth-order valence-corrected chi connectivity index (χ4v) is 1.74. The Labute approximate surface area is 89.8 Å². The lowest BCUT2D eigenvalue weighted by atomic mass is 10.1. The summed E-state index contributed by atoms with van der Waals surface area (Å²) in [5, 5.41) is 3.22. The predicted molar refractivity (Wildman–Crippen MR) is 60.7 cm³/mol. The van der Waals surface area contributed by atoms with E-state index in [1.807, 2.05) is 12.1 Å². The summed E-state index contributed by atoms with van der Waals surface area (Å²) in [6.07, 6.45) is 5.60. The summed E-state index contributed by atoms with van der Waals surface area (Å²) in [6.45, 7) is 1.67. The molecular weight excluding hydrogens is 190 g/mol. The summed E-state index contributed by atoms with van der Waals surface area (Å²) in [5.74, 6) is 0.756. The molecule has 1 aliphatic rings. The first-order valence-electron chi connectivity index (χ1n) is 5.42. The van der Waals surface area contributed by atoms with E-state index in [9.17, 15) is 0 Å². The van der Waals surface area contributed by atoms with E-state index in [0.29, 0.717) is 11.8 Å². The van der Waals surface area contributed by atoms with E-state index >= 15 is 0 Å². The molecule has 0 radical (unpaired) electrons. The highest BCUT2D eigenvalue weighted by Gasteiger charge is 2.13. The van der Waals surface area contributed by atoms with Crippen LogP contribution in [0.4, 0.5) is 11.5 Å². The maximum atomic E-state index is 5.77. The minimum absolute atomic E-state index is 0.306. The molecule has 2 rings (SSSR count). The van der Waals surface area contributed by atoms with Crippen LogP contribution in [0.2, 0.25) is 0 Å².